The highest BCUT2D eigenvalue weighted by atomic mass is 16.6. The highest BCUT2D eigenvalue weighted by Gasteiger charge is 2.26. The van der Waals surface area contributed by atoms with Gasteiger partial charge in [0.2, 0.25) is 0 Å². The second kappa shape index (κ2) is 9.80. The van der Waals surface area contributed by atoms with Gasteiger partial charge in [-0.1, -0.05) is 25.0 Å². The Morgan fingerprint density at radius 3 is 2.44 bits per heavy atom. The van der Waals surface area contributed by atoms with Crippen molar-refractivity contribution in [2.24, 2.45) is 0 Å². The van der Waals surface area contributed by atoms with Gasteiger partial charge in [-0.05, 0) is 75.3 Å². The normalized spacial score (nSPS) is 16.6. The van der Waals surface area contributed by atoms with Crippen molar-refractivity contribution in [3.05, 3.63) is 48.0 Å². The third-order valence-corrected chi connectivity index (χ3v) is 7.07. The van der Waals surface area contributed by atoms with Crippen LogP contribution in [0, 0.1) is 11.3 Å². The second-order valence-corrected chi connectivity index (χ2v) is 9.27. The van der Waals surface area contributed by atoms with Crippen molar-refractivity contribution in [1.29, 1.82) is 5.26 Å². The van der Waals surface area contributed by atoms with Gasteiger partial charge in [-0.3, -0.25) is 5.32 Å². The summed E-state index contributed by atoms with van der Waals surface area (Å²) in [5.41, 5.74) is 4.33. The van der Waals surface area contributed by atoms with Crippen molar-refractivity contribution >= 4 is 22.7 Å². The van der Waals surface area contributed by atoms with Gasteiger partial charge in [0.05, 0.1) is 23.4 Å². The van der Waals surface area contributed by atoms with Crippen LogP contribution in [0.25, 0.3) is 22.2 Å². The number of carbonyl (C=O) groups is 1. The number of hydrogen-bond donors (Lipinski definition) is 1. The molecule has 3 aromatic rings. The van der Waals surface area contributed by atoms with E-state index in [0.717, 1.165) is 66.4 Å². The Hall–Kier alpha value is -3.46. The lowest BCUT2D eigenvalue weighted by atomic mass is 10.1. The minimum absolute atomic E-state index is 0.0288. The molecule has 176 valence electrons. The topological polar surface area (TPSA) is 76.3 Å². The maximum Gasteiger partial charge on any atom is 0.411 e. The Morgan fingerprint density at radius 2 is 1.76 bits per heavy atom. The number of nitrogens with one attached hydrogen (secondary N) is 1. The smallest absolute Gasteiger partial charge is 0.411 e. The molecule has 34 heavy (non-hydrogen) atoms. The molecule has 0 saturated heterocycles. The molecule has 1 aromatic heterocycles. The molecule has 1 amide bonds. The van der Waals surface area contributed by atoms with Gasteiger partial charge in [0, 0.05) is 23.2 Å². The van der Waals surface area contributed by atoms with E-state index in [1.807, 2.05) is 43.3 Å². The van der Waals surface area contributed by atoms with E-state index >= 15 is 0 Å². The maximum atomic E-state index is 12.3. The first-order valence-electron chi connectivity index (χ1n) is 12.5. The van der Waals surface area contributed by atoms with Gasteiger partial charge in [0.15, 0.2) is 0 Å². The minimum Gasteiger partial charge on any atom is -0.494 e. The zero-order valence-corrected chi connectivity index (χ0v) is 19.7. The Balaban J connectivity index is 1.50. The average Bonchev–Trinajstić information content (AvgIpc) is 3.60. The number of carbonyl (C=O) groups excluding carboxylic acids is 1. The van der Waals surface area contributed by atoms with Crippen molar-refractivity contribution in [3.8, 4) is 23.1 Å². The zero-order chi connectivity index (χ0) is 23.5. The van der Waals surface area contributed by atoms with Gasteiger partial charge in [0.25, 0.3) is 0 Å². The number of nitrogens with zero attached hydrogens (tertiary/aromatic N) is 2. The third-order valence-electron chi connectivity index (χ3n) is 7.07. The van der Waals surface area contributed by atoms with Crippen molar-refractivity contribution in [2.45, 2.75) is 70.4 Å². The zero-order valence-electron chi connectivity index (χ0n) is 19.7. The molecule has 1 heterocycles. The van der Waals surface area contributed by atoms with E-state index in [0.29, 0.717) is 23.9 Å². The van der Waals surface area contributed by atoms with Gasteiger partial charge < -0.3 is 14.0 Å². The summed E-state index contributed by atoms with van der Waals surface area (Å²) in [6, 6.07) is 16.6. The summed E-state index contributed by atoms with van der Waals surface area (Å²) >= 11 is 0. The van der Waals surface area contributed by atoms with Crippen LogP contribution >= 0.6 is 0 Å². The van der Waals surface area contributed by atoms with E-state index in [9.17, 15) is 10.1 Å². The van der Waals surface area contributed by atoms with E-state index in [4.69, 9.17) is 9.47 Å². The molecule has 1 N–H and O–H groups in total. The van der Waals surface area contributed by atoms with Crippen LogP contribution in [0.1, 0.15) is 69.9 Å². The van der Waals surface area contributed by atoms with Gasteiger partial charge in [-0.15, -0.1) is 0 Å². The predicted octanol–water partition coefficient (Wildman–Crippen LogP) is 7.18. The van der Waals surface area contributed by atoms with Crippen molar-refractivity contribution in [3.63, 3.8) is 0 Å². The highest BCUT2D eigenvalue weighted by molar-refractivity contribution is 5.96. The van der Waals surface area contributed by atoms with Gasteiger partial charge in [-0.2, -0.15) is 5.26 Å². The monoisotopic (exact) mass is 457 g/mol. The van der Waals surface area contributed by atoms with E-state index in [1.54, 1.807) is 0 Å². The van der Waals surface area contributed by atoms with Crippen LogP contribution in [0.3, 0.4) is 0 Å². The summed E-state index contributed by atoms with van der Waals surface area (Å²) in [5, 5.41) is 13.9. The van der Waals surface area contributed by atoms with Crippen LogP contribution in [0.5, 0.6) is 5.75 Å². The summed E-state index contributed by atoms with van der Waals surface area (Å²) in [4.78, 5) is 12.3. The summed E-state index contributed by atoms with van der Waals surface area (Å²) in [6.07, 6.45) is 8.36. The standard InChI is InChI=1S/C28H31N3O3/c1-2-33-23-15-16-24-25(18-29)27(31(26(24)17-23)21-7-3-4-8-21)19-11-13-20(14-12-19)30-28(32)34-22-9-5-6-10-22/h11-17,21-22H,2-10H2,1H3,(H,30,32). The highest BCUT2D eigenvalue weighted by Crippen LogP contribution is 2.42. The molecule has 0 unspecified atom stereocenters. The average molecular weight is 458 g/mol. The number of benzene rings is 2. The molecule has 2 aliphatic carbocycles. The van der Waals surface area contributed by atoms with Gasteiger partial charge in [-0.25, -0.2) is 4.79 Å². The largest absolute Gasteiger partial charge is 0.494 e. The molecule has 2 aromatic carbocycles. The lowest BCUT2D eigenvalue weighted by Crippen LogP contribution is -2.20. The third kappa shape index (κ3) is 4.35. The molecular formula is C28H31N3O3. The van der Waals surface area contributed by atoms with E-state index in [2.05, 4.69) is 22.0 Å². The summed E-state index contributed by atoms with van der Waals surface area (Å²) in [5.74, 6) is 0.822. The Kier molecular flexibility index (Phi) is 6.44. The lowest BCUT2D eigenvalue weighted by Gasteiger charge is -2.19. The number of hydrogen-bond acceptors (Lipinski definition) is 4. The predicted molar refractivity (Wildman–Crippen MR) is 133 cm³/mol. The number of rotatable bonds is 6. The van der Waals surface area contributed by atoms with E-state index in [1.165, 1.54) is 12.8 Å². The molecule has 6 nitrogen and oxygen atoms in total. The van der Waals surface area contributed by atoms with Crippen LogP contribution in [-0.4, -0.2) is 23.4 Å². The number of nitriles is 1. The minimum atomic E-state index is -0.402. The number of ether oxygens (including phenoxy) is 2. The fraction of sp³-hybridized carbons (Fsp3) is 0.429. The van der Waals surface area contributed by atoms with Crippen LogP contribution < -0.4 is 10.1 Å². The summed E-state index contributed by atoms with van der Waals surface area (Å²) in [7, 11) is 0. The van der Waals surface area contributed by atoms with Crippen molar-refractivity contribution in [1.82, 2.24) is 4.57 Å². The summed E-state index contributed by atoms with van der Waals surface area (Å²) < 4.78 is 13.6. The molecule has 0 radical (unpaired) electrons. The SMILES string of the molecule is CCOc1ccc2c(C#N)c(-c3ccc(NC(=O)OC4CCCC4)cc3)n(C3CCCC3)c2c1. The molecule has 0 atom stereocenters. The fourth-order valence-corrected chi connectivity index (χ4v) is 5.50. The first-order chi connectivity index (χ1) is 16.7. The Bertz CT molecular complexity index is 1210. The number of aromatic nitrogens is 1. The number of anilines is 1. The van der Waals surface area contributed by atoms with Gasteiger partial charge in [0.1, 0.15) is 17.9 Å². The molecule has 0 aliphatic heterocycles. The summed E-state index contributed by atoms with van der Waals surface area (Å²) in [6.45, 7) is 2.58. The maximum absolute atomic E-state index is 12.3. The Morgan fingerprint density at radius 1 is 1.06 bits per heavy atom. The van der Waals surface area contributed by atoms with Crippen LogP contribution in [0.4, 0.5) is 10.5 Å². The fourth-order valence-electron chi connectivity index (χ4n) is 5.50. The van der Waals surface area contributed by atoms with Crippen molar-refractivity contribution < 1.29 is 14.3 Å². The van der Waals surface area contributed by atoms with Crippen LogP contribution in [0.2, 0.25) is 0 Å². The molecule has 0 bridgehead atoms. The van der Waals surface area contributed by atoms with Crippen molar-refractivity contribution in [2.75, 3.05) is 11.9 Å². The second-order valence-electron chi connectivity index (χ2n) is 9.27. The molecule has 2 aliphatic rings. The van der Waals surface area contributed by atoms with Crippen LogP contribution in [-0.2, 0) is 4.74 Å². The molecule has 2 fully saturated rings. The molecular weight excluding hydrogens is 426 g/mol. The molecule has 0 spiro atoms. The number of amides is 1. The Labute approximate surface area is 200 Å². The van der Waals surface area contributed by atoms with E-state index in [-0.39, 0.29) is 6.10 Å². The van der Waals surface area contributed by atoms with Gasteiger partial charge >= 0.3 is 6.09 Å². The number of fused-ring (bicyclic) bond motifs is 1. The lowest BCUT2D eigenvalue weighted by molar-refractivity contribution is 0.114. The molecule has 5 rings (SSSR count). The first-order valence-corrected chi connectivity index (χ1v) is 12.5. The van der Waals surface area contributed by atoms with Crippen LogP contribution in [0.15, 0.2) is 42.5 Å². The molecule has 2 saturated carbocycles. The molecule has 6 heteroatoms. The first kappa shape index (κ1) is 22.3. The quantitative estimate of drug-likeness (QED) is 0.425. The van der Waals surface area contributed by atoms with E-state index < -0.39 is 6.09 Å².